The van der Waals surface area contributed by atoms with Crippen molar-refractivity contribution in [2.45, 2.75) is 102 Å². The van der Waals surface area contributed by atoms with E-state index in [1.54, 1.807) is 24.3 Å². The predicted molar refractivity (Wildman–Crippen MR) is 131 cm³/mol. The number of rotatable bonds is 17. The van der Waals surface area contributed by atoms with Gasteiger partial charge in [0, 0.05) is 17.3 Å². The summed E-state index contributed by atoms with van der Waals surface area (Å²) in [6.45, 7) is 2.72. The molecule has 0 aromatic heterocycles. The van der Waals surface area contributed by atoms with Gasteiger partial charge in [0.2, 0.25) is 10.0 Å². The lowest BCUT2D eigenvalue weighted by Crippen LogP contribution is -2.25. The van der Waals surface area contributed by atoms with E-state index in [0.29, 0.717) is 17.3 Å². The van der Waals surface area contributed by atoms with Gasteiger partial charge < -0.3 is 5.11 Å². The maximum atomic E-state index is 12.7. The summed E-state index contributed by atoms with van der Waals surface area (Å²) in [5.41, 5.74) is 0. The molecule has 0 unspecified atom stereocenters. The summed E-state index contributed by atoms with van der Waals surface area (Å²) in [6, 6.07) is 9.97. The van der Waals surface area contributed by atoms with Crippen LogP contribution in [0.15, 0.2) is 41.3 Å². The van der Waals surface area contributed by atoms with E-state index in [1.807, 2.05) is 0 Å². The van der Waals surface area contributed by atoms with Crippen LogP contribution in [-0.4, -0.2) is 20.1 Å². The number of hydrogen-bond donors (Lipinski definition) is 2. The quantitative estimate of drug-likeness (QED) is 0.250. The summed E-state index contributed by atoms with van der Waals surface area (Å²) >= 11 is 0. The van der Waals surface area contributed by atoms with Crippen LogP contribution in [0.5, 0.6) is 5.75 Å². The molecule has 4 nitrogen and oxygen atoms in total. The van der Waals surface area contributed by atoms with Crippen LogP contribution in [0.2, 0.25) is 0 Å². The third kappa shape index (κ3) is 9.20. The second-order valence-electron chi connectivity index (χ2n) is 8.62. The highest BCUT2D eigenvalue weighted by atomic mass is 32.2. The Morgan fingerprint density at radius 3 is 1.71 bits per heavy atom. The summed E-state index contributed by atoms with van der Waals surface area (Å²) in [4.78, 5) is 0.228. The summed E-state index contributed by atoms with van der Waals surface area (Å²) < 4.78 is 28.1. The lowest BCUT2D eigenvalue weighted by atomic mass is 10.0. The van der Waals surface area contributed by atoms with Gasteiger partial charge >= 0.3 is 0 Å². The minimum absolute atomic E-state index is 0.0986. The van der Waals surface area contributed by atoms with Gasteiger partial charge in [0.05, 0.1) is 4.90 Å². The Bertz CT molecular complexity index is 864. The average molecular weight is 448 g/mol. The first-order valence-corrected chi connectivity index (χ1v) is 13.7. The summed E-state index contributed by atoms with van der Waals surface area (Å²) in [5, 5.41) is 11.1. The number of nitrogens with one attached hydrogen (secondary N) is 1. The standard InChI is InChI=1S/C26H41NO3S/c1-2-3-4-5-6-7-8-9-10-11-12-13-14-17-22-27-31(29,30)26-21-20-25(28)23-18-15-16-19-24(23)26/h15-16,18-21,27-28H,2-14,17,22H2,1H3. The molecule has 0 radical (unpaired) electrons. The van der Waals surface area contributed by atoms with E-state index < -0.39 is 10.0 Å². The van der Waals surface area contributed by atoms with E-state index in [0.717, 1.165) is 12.8 Å². The average Bonchev–Trinajstić information content (AvgIpc) is 2.76. The van der Waals surface area contributed by atoms with Crippen LogP contribution in [0.3, 0.4) is 0 Å². The van der Waals surface area contributed by atoms with E-state index >= 15 is 0 Å². The Morgan fingerprint density at radius 1 is 0.677 bits per heavy atom. The van der Waals surface area contributed by atoms with Crippen LogP contribution >= 0.6 is 0 Å². The normalized spacial score (nSPS) is 11.9. The fraction of sp³-hybridized carbons (Fsp3) is 0.615. The van der Waals surface area contributed by atoms with Gasteiger partial charge in [-0.3, -0.25) is 0 Å². The van der Waals surface area contributed by atoms with Gasteiger partial charge in [0.25, 0.3) is 0 Å². The van der Waals surface area contributed by atoms with Gasteiger partial charge in [0.15, 0.2) is 0 Å². The molecular weight excluding hydrogens is 406 g/mol. The van der Waals surface area contributed by atoms with Crippen molar-refractivity contribution in [1.82, 2.24) is 4.72 Å². The lowest BCUT2D eigenvalue weighted by molar-refractivity contribution is 0.481. The number of aromatic hydroxyl groups is 1. The number of fused-ring (bicyclic) bond motifs is 1. The molecule has 5 heteroatoms. The molecule has 0 fully saturated rings. The molecule has 31 heavy (non-hydrogen) atoms. The molecule has 0 bridgehead atoms. The highest BCUT2D eigenvalue weighted by molar-refractivity contribution is 7.89. The van der Waals surface area contributed by atoms with Crippen LogP contribution in [0.25, 0.3) is 10.8 Å². The van der Waals surface area contributed by atoms with Crippen molar-refractivity contribution in [2.24, 2.45) is 0 Å². The maximum Gasteiger partial charge on any atom is 0.241 e. The van der Waals surface area contributed by atoms with E-state index in [4.69, 9.17) is 0 Å². The van der Waals surface area contributed by atoms with Crippen LogP contribution in [-0.2, 0) is 10.0 Å². The van der Waals surface area contributed by atoms with Crippen molar-refractivity contribution in [3.8, 4) is 5.75 Å². The summed E-state index contributed by atoms with van der Waals surface area (Å²) in [5.74, 6) is 0.0986. The van der Waals surface area contributed by atoms with Gasteiger partial charge in [-0.25, -0.2) is 13.1 Å². The molecule has 2 N–H and O–H groups in total. The number of sulfonamides is 1. The third-order valence-electron chi connectivity index (χ3n) is 5.97. The third-order valence-corrected chi connectivity index (χ3v) is 7.49. The van der Waals surface area contributed by atoms with Gasteiger partial charge in [-0.1, -0.05) is 115 Å². The zero-order chi connectivity index (χ0) is 22.4. The number of benzene rings is 2. The Kier molecular flexibility index (Phi) is 12.0. The van der Waals surface area contributed by atoms with Crippen molar-refractivity contribution in [3.05, 3.63) is 36.4 Å². The molecule has 0 aliphatic rings. The van der Waals surface area contributed by atoms with Crippen molar-refractivity contribution < 1.29 is 13.5 Å². The molecule has 0 heterocycles. The van der Waals surface area contributed by atoms with Crippen molar-refractivity contribution in [2.75, 3.05) is 6.54 Å². The van der Waals surface area contributed by atoms with Crippen LogP contribution in [0.4, 0.5) is 0 Å². The molecule has 0 atom stereocenters. The Hall–Kier alpha value is -1.59. The number of phenols is 1. The monoisotopic (exact) mass is 447 g/mol. The van der Waals surface area contributed by atoms with Crippen molar-refractivity contribution in [1.29, 1.82) is 0 Å². The topological polar surface area (TPSA) is 66.4 Å². The minimum Gasteiger partial charge on any atom is -0.507 e. The SMILES string of the molecule is CCCCCCCCCCCCCCCCNS(=O)(=O)c1ccc(O)c2ccccc12. The van der Waals surface area contributed by atoms with Gasteiger partial charge in [0.1, 0.15) is 5.75 Å². The predicted octanol–water partition coefficient (Wildman–Crippen LogP) is 7.31. The molecule has 0 spiro atoms. The molecule has 0 saturated heterocycles. The first kappa shape index (κ1) is 25.7. The zero-order valence-corrected chi connectivity index (χ0v) is 20.1. The molecular formula is C26H41NO3S. The van der Waals surface area contributed by atoms with Crippen molar-refractivity contribution >= 4 is 20.8 Å². The lowest BCUT2D eigenvalue weighted by Gasteiger charge is -2.10. The second kappa shape index (κ2) is 14.5. The highest BCUT2D eigenvalue weighted by Gasteiger charge is 2.17. The molecule has 0 saturated carbocycles. The number of phenolic OH excluding ortho intramolecular Hbond substituents is 1. The fourth-order valence-corrected chi connectivity index (χ4v) is 5.38. The Labute approximate surface area is 189 Å². The first-order valence-electron chi connectivity index (χ1n) is 12.3. The minimum atomic E-state index is -3.58. The zero-order valence-electron chi connectivity index (χ0n) is 19.2. The first-order chi connectivity index (χ1) is 15.1. The molecule has 2 aromatic carbocycles. The van der Waals surface area contributed by atoms with Crippen LogP contribution in [0, 0.1) is 0 Å². The number of hydrogen-bond acceptors (Lipinski definition) is 3. The highest BCUT2D eigenvalue weighted by Crippen LogP contribution is 2.29. The smallest absolute Gasteiger partial charge is 0.241 e. The van der Waals surface area contributed by atoms with Gasteiger partial charge in [-0.15, -0.1) is 0 Å². The van der Waals surface area contributed by atoms with Gasteiger partial charge in [-0.2, -0.15) is 0 Å². The van der Waals surface area contributed by atoms with E-state index in [2.05, 4.69) is 11.6 Å². The molecule has 0 aliphatic heterocycles. The molecule has 174 valence electrons. The number of unbranched alkanes of at least 4 members (excludes halogenated alkanes) is 13. The van der Waals surface area contributed by atoms with Gasteiger partial charge in [-0.05, 0) is 18.6 Å². The fourth-order valence-electron chi connectivity index (χ4n) is 4.09. The molecule has 0 aliphatic carbocycles. The molecule has 2 aromatic rings. The second-order valence-corrected chi connectivity index (χ2v) is 10.4. The van der Waals surface area contributed by atoms with E-state index in [9.17, 15) is 13.5 Å². The maximum absolute atomic E-state index is 12.7. The molecule has 0 amide bonds. The Balaban J connectivity index is 1.55. The summed E-state index contributed by atoms with van der Waals surface area (Å²) in [6.07, 6.45) is 18.0. The van der Waals surface area contributed by atoms with Crippen LogP contribution in [0.1, 0.15) is 96.8 Å². The summed E-state index contributed by atoms with van der Waals surface area (Å²) in [7, 11) is -3.58. The Morgan fingerprint density at radius 2 is 1.16 bits per heavy atom. The molecule has 2 rings (SSSR count). The van der Waals surface area contributed by atoms with Crippen LogP contribution < -0.4 is 4.72 Å². The van der Waals surface area contributed by atoms with E-state index in [-0.39, 0.29) is 10.6 Å². The van der Waals surface area contributed by atoms with Crippen molar-refractivity contribution in [3.63, 3.8) is 0 Å². The van der Waals surface area contributed by atoms with E-state index in [1.165, 1.54) is 89.2 Å². The largest absolute Gasteiger partial charge is 0.507 e.